The van der Waals surface area contributed by atoms with Crippen LogP contribution in [-0.4, -0.2) is 49.3 Å². The van der Waals surface area contributed by atoms with Crippen LogP contribution in [0.25, 0.3) is 0 Å². The molecule has 0 spiro atoms. The average molecular weight is 484 g/mol. The first-order chi connectivity index (χ1) is 16.3. The molecule has 1 fully saturated rings. The molecule has 0 aliphatic carbocycles. The number of piperidine rings is 1. The molecule has 1 aliphatic heterocycles. The summed E-state index contributed by atoms with van der Waals surface area (Å²) in [5.74, 6) is 0.951. The molecule has 0 unspecified atom stereocenters. The van der Waals surface area contributed by atoms with Gasteiger partial charge in [-0.1, -0.05) is 42.5 Å². The molecule has 4 rings (SSSR count). The number of methoxy groups -OCH3 is 1. The van der Waals surface area contributed by atoms with Crippen LogP contribution in [0.15, 0.2) is 67.0 Å². The number of amides is 1. The van der Waals surface area contributed by atoms with Crippen LogP contribution in [0.5, 0.6) is 5.75 Å². The Balaban J connectivity index is 1.55. The third kappa shape index (κ3) is 4.45. The number of hydrogen-bond donors (Lipinski definition) is 1. The van der Waals surface area contributed by atoms with Crippen LogP contribution in [-0.2, 0) is 22.7 Å². The molecule has 1 N–H and O–H groups in total. The predicted molar refractivity (Wildman–Crippen MR) is 129 cm³/mol. The van der Waals surface area contributed by atoms with Gasteiger partial charge in [-0.2, -0.15) is 12.7 Å². The monoisotopic (exact) mass is 483 g/mol. The summed E-state index contributed by atoms with van der Waals surface area (Å²) in [5, 5.41) is 3.08. The highest BCUT2D eigenvalue weighted by molar-refractivity contribution is 7.87. The Morgan fingerprint density at radius 3 is 2.35 bits per heavy atom. The largest absolute Gasteiger partial charge is 0.496 e. The van der Waals surface area contributed by atoms with Gasteiger partial charge in [0.15, 0.2) is 0 Å². The summed E-state index contributed by atoms with van der Waals surface area (Å²) in [6.07, 6.45) is 4.50. The summed E-state index contributed by atoms with van der Waals surface area (Å²) < 4.78 is 36.5. The van der Waals surface area contributed by atoms with Crippen LogP contribution >= 0.6 is 0 Å². The van der Waals surface area contributed by atoms with Crippen LogP contribution in [0, 0.1) is 6.92 Å². The van der Waals surface area contributed by atoms with Gasteiger partial charge in [0.25, 0.3) is 11.7 Å². The Hall–Kier alpha value is -3.17. The molecule has 9 heteroatoms. The van der Waals surface area contributed by atoms with Crippen LogP contribution in [0.3, 0.4) is 0 Å². The molecule has 2 heterocycles. The number of carbonyl (C=O) groups is 1. The third-order valence-electron chi connectivity index (χ3n) is 6.83. The molecule has 1 amide bonds. The number of benzene rings is 2. The SMILES string of the molecule is COc1ccccc1C(=O)NCC1(c2ccccc2)CCN(S(=O)(=O)n2cc[n+](C)c2C)CC1. The van der Waals surface area contributed by atoms with Gasteiger partial charge in [0.05, 0.1) is 19.7 Å². The average Bonchev–Trinajstić information content (AvgIpc) is 3.22. The fourth-order valence-electron chi connectivity index (χ4n) is 4.58. The first-order valence-electron chi connectivity index (χ1n) is 11.3. The van der Waals surface area contributed by atoms with Gasteiger partial charge in [-0.25, -0.2) is 4.57 Å². The Kier molecular flexibility index (Phi) is 6.77. The normalized spacial score (nSPS) is 16.2. The molecule has 180 valence electrons. The Labute approximate surface area is 201 Å². The standard InChI is InChI=1S/C25H30N4O4S/c1-20-27(2)17-18-29(20)34(31,32)28-15-13-25(14-16-28,21-9-5-4-6-10-21)19-26-24(30)22-11-7-8-12-23(22)33-3/h4-12,17-18H,13-16,19H2,1-3H3/p+1. The van der Waals surface area contributed by atoms with Crippen molar-refractivity contribution >= 4 is 16.1 Å². The fourth-order valence-corrected chi connectivity index (χ4v) is 6.14. The van der Waals surface area contributed by atoms with Crippen molar-refractivity contribution < 1.29 is 22.5 Å². The zero-order valence-electron chi connectivity index (χ0n) is 19.8. The number of para-hydroxylation sites is 1. The summed E-state index contributed by atoms with van der Waals surface area (Å²) in [5.41, 5.74) is 1.20. The first-order valence-corrected chi connectivity index (χ1v) is 12.7. The maximum absolute atomic E-state index is 13.3. The van der Waals surface area contributed by atoms with Gasteiger partial charge in [0.2, 0.25) is 0 Å². The van der Waals surface area contributed by atoms with Gasteiger partial charge < -0.3 is 10.1 Å². The summed E-state index contributed by atoms with van der Waals surface area (Å²) in [4.78, 5) is 13.0. The van der Waals surface area contributed by atoms with E-state index in [-0.39, 0.29) is 11.3 Å². The van der Waals surface area contributed by atoms with Gasteiger partial charge in [-0.15, -0.1) is 3.97 Å². The first kappa shape index (κ1) is 24.0. The minimum atomic E-state index is -3.66. The number of imidazole rings is 1. The number of rotatable bonds is 7. The second-order valence-electron chi connectivity index (χ2n) is 8.69. The topological polar surface area (TPSA) is 84.5 Å². The zero-order valence-corrected chi connectivity index (χ0v) is 20.6. The molecule has 3 aromatic rings. The maximum atomic E-state index is 13.3. The number of aromatic nitrogens is 2. The second-order valence-corrected chi connectivity index (χ2v) is 10.5. The Morgan fingerprint density at radius 2 is 1.74 bits per heavy atom. The molecule has 0 radical (unpaired) electrons. The van der Waals surface area contributed by atoms with E-state index in [1.165, 1.54) is 8.28 Å². The molecule has 2 aromatic carbocycles. The third-order valence-corrected chi connectivity index (χ3v) is 8.74. The summed E-state index contributed by atoms with van der Waals surface area (Å²) in [6.45, 7) is 2.91. The van der Waals surface area contributed by atoms with Gasteiger partial charge in [0, 0.05) is 32.0 Å². The van der Waals surface area contributed by atoms with Crippen molar-refractivity contribution in [2.24, 2.45) is 7.05 Å². The zero-order chi connectivity index (χ0) is 24.3. The van der Waals surface area contributed by atoms with Gasteiger partial charge in [-0.3, -0.25) is 4.79 Å². The molecule has 1 saturated heterocycles. The van der Waals surface area contributed by atoms with E-state index in [0.29, 0.717) is 49.6 Å². The van der Waals surface area contributed by atoms with E-state index in [9.17, 15) is 13.2 Å². The highest BCUT2D eigenvalue weighted by Gasteiger charge is 2.42. The van der Waals surface area contributed by atoms with Crippen molar-refractivity contribution in [3.63, 3.8) is 0 Å². The molecule has 1 aliphatic rings. The predicted octanol–water partition coefficient (Wildman–Crippen LogP) is 2.19. The number of nitrogens with one attached hydrogen (secondary N) is 1. The van der Waals surface area contributed by atoms with Crippen LogP contribution in [0.1, 0.15) is 34.6 Å². The van der Waals surface area contributed by atoms with Crippen molar-refractivity contribution in [3.8, 4) is 5.75 Å². The lowest BCUT2D eigenvalue weighted by Gasteiger charge is -2.41. The molecule has 0 atom stereocenters. The lowest BCUT2D eigenvalue weighted by Crippen LogP contribution is -2.51. The van der Waals surface area contributed by atoms with E-state index in [4.69, 9.17) is 4.74 Å². The molecular formula is C25H31N4O4S+. The second kappa shape index (κ2) is 9.60. The summed E-state index contributed by atoms with van der Waals surface area (Å²) in [7, 11) is -0.299. The molecule has 1 aromatic heterocycles. The van der Waals surface area contributed by atoms with Crippen LogP contribution in [0.2, 0.25) is 0 Å². The number of carbonyl (C=O) groups excluding carboxylic acids is 1. The quantitative estimate of drug-likeness (QED) is 0.522. The van der Waals surface area contributed by atoms with E-state index in [1.807, 2.05) is 31.3 Å². The number of aryl methyl sites for hydroxylation is 1. The molecule has 0 saturated carbocycles. The fraction of sp³-hybridized carbons (Fsp3) is 0.360. The summed E-state index contributed by atoms with van der Waals surface area (Å²) in [6, 6.07) is 17.1. The highest BCUT2D eigenvalue weighted by Crippen LogP contribution is 2.36. The number of nitrogens with zero attached hydrogens (tertiary/aromatic N) is 3. The van der Waals surface area contributed by atoms with Crippen molar-refractivity contribution in [3.05, 3.63) is 83.9 Å². The smallest absolute Gasteiger partial charge is 0.380 e. The van der Waals surface area contributed by atoms with Crippen molar-refractivity contribution in [2.45, 2.75) is 25.2 Å². The Bertz CT molecular complexity index is 1260. The van der Waals surface area contributed by atoms with Crippen LogP contribution < -0.4 is 14.6 Å². The van der Waals surface area contributed by atoms with Crippen molar-refractivity contribution in [2.75, 3.05) is 26.7 Å². The lowest BCUT2D eigenvalue weighted by molar-refractivity contribution is -0.676. The molecular weight excluding hydrogens is 452 g/mol. The molecule has 34 heavy (non-hydrogen) atoms. The van der Waals surface area contributed by atoms with Crippen molar-refractivity contribution in [1.29, 1.82) is 0 Å². The van der Waals surface area contributed by atoms with E-state index in [2.05, 4.69) is 17.4 Å². The number of hydrogen-bond acceptors (Lipinski definition) is 4. The minimum absolute atomic E-state index is 0.210. The van der Waals surface area contributed by atoms with E-state index in [1.54, 1.807) is 49.2 Å². The minimum Gasteiger partial charge on any atom is -0.496 e. The summed E-state index contributed by atoms with van der Waals surface area (Å²) >= 11 is 0. The van der Waals surface area contributed by atoms with E-state index >= 15 is 0 Å². The molecule has 0 bridgehead atoms. The molecule has 8 nitrogen and oxygen atoms in total. The van der Waals surface area contributed by atoms with Gasteiger partial charge >= 0.3 is 10.2 Å². The van der Waals surface area contributed by atoms with E-state index in [0.717, 1.165) is 5.56 Å². The van der Waals surface area contributed by atoms with Crippen LogP contribution in [0.4, 0.5) is 0 Å². The van der Waals surface area contributed by atoms with Gasteiger partial charge in [-0.05, 0) is 30.5 Å². The Morgan fingerprint density at radius 1 is 1.09 bits per heavy atom. The number of ether oxygens (including phenoxy) is 1. The van der Waals surface area contributed by atoms with Gasteiger partial charge in [0.1, 0.15) is 18.1 Å². The van der Waals surface area contributed by atoms with E-state index < -0.39 is 10.2 Å². The lowest BCUT2D eigenvalue weighted by atomic mass is 9.73. The maximum Gasteiger partial charge on any atom is 0.380 e. The highest BCUT2D eigenvalue weighted by atomic mass is 32.2. The van der Waals surface area contributed by atoms with Crippen molar-refractivity contribution in [1.82, 2.24) is 13.6 Å².